The van der Waals surface area contributed by atoms with E-state index in [0.717, 1.165) is 0 Å². The van der Waals surface area contributed by atoms with Crippen LogP contribution in [-0.2, 0) is 0 Å². The van der Waals surface area contributed by atoms with Crippen molar-refractivity contribution in [3.05, 3.63) is 64.2 Å². The van der Waals surface area contributed by atoms with Crippen LogP contribution in [0.5, 0.6) is 0 Å². The molecule has 0 saturated heterocycles. The maximum Gasteiger partial charge on any atom is 0.0621 e. The van der Waals surface area contributed by atoms with Gasteiger partial charge in [0.15, 0.2) is 0 Å². The topological polar surface area (TPSA) is 4.41 Å². The Balaban J connectivity index is 2.30. The predicted octanol–water partition coefficient (Wildman–Crippen LogP) is 5.44. The van der Waals surface area contributed by atoms with Gasteiger partial charge in [0.2, 0.25) is 0 Å². The van der Waals surface area contributed by atoms with Crippen LogP contribution in [0.4, 0.5) is 0 Å². The summed E-state index contributed by atoms with van der Waals surface area (Å²) in [5, 5.41) is 5.41. The second kappa shape index (κ2) is 3.64. The van der Waals surface area contributed by atoms with Gasteiger partial charge in [0.05, 0.1) is 16.6 Å². The minimum Gasteiger partial charge on any atom is -0.308 e. The average Bonchev–Trinajstić information content (AvgIpc) is 2.98. The maximum atomic E-state index is 2.42. The van der Waals surface area contributed by atoms with Gasteiger partial charge in [-0.15, -0.1) is 0 Å². The Bertz CT molecular complexity index is 1020. The molecule has 2 heteroatoms. The Morgan fingerprint density at radius 1 is 0.650 bits per heavy atom. The van der Waals surface area contributed by atoms with E-state index in [2.05, 4.69) is 87.7 Å². The van der Waals surface area contributed by atoms with E-state index in [-0.39, 0.29) is 0 Å². The van der Waals surface area contributed by atoms with Crippen molar-refractivity contribution < 1.29 is 0 Å². The summed E-state index contributed by atoms with van der Waals surface area (Å²) >= 11 is 2.42. The molecule has 5 aromatic rings. The lowest BCUT2D eigenvalue weighted by Gasteiger charge is -1.97. The van der Waals surface area contributed by atoms with Crippen LogP contribution in [-0.4, -0.2) is 4.40 Å². The molecule has 0 atom stereocenters. The van der Waals surface area contributed by atoms with Crippen LogP contribution in [0.15, 0.2) is 60.7 Å². The minimum absolute atomic E-state index is 1.30. The number of halogens is 1. The summed E-state index contributed by atoms with van der Waals surface area (Å²) in [6, 6.07) is 22.0. The quantitative estimate of drug-likeness (QED) is 0.321. The molecule has 0 aliphatic heterocycles. The molecular weight excluding hydrogens is 357 g/mol. The number of benzene rings is 3. The smallest absolute Gasteiger partial charge is 0.0621 e. The van der Waals surface area contributed by atoms with Gasteiger partial charge < -0.3 is 4.40 Å². The van der Waals surface area contributed by atoms with Crippen molar-refractivity contribution in [1.82, 2.24) is 4.40 Å². The average molecular weight is 367 g/mol. The first-order valence-electron chi connectivity index (χ1n) is 6.67. The maximum absolute atomic E-state index is 2.42. The van der Waals surface area contributed by atoms with Gasteiger partial charge in [-0.2, -0.15) is 0 Å². The highest BCUT2D eigenvalue weighted by molar-refractivity contribution is 14.1. The molecule has 3 aromatic carbocycles. The van der Waals surface area contributed by atoms with Crippen LogP contribution in [0.2, 0.25) is 0 Å². The van der Waals surface area contributed by atoms with Crippen LogP contribution in [0.25, 0.3) is 38.1 Å². The highest BCUT2D eigenvalue weighted by atomic mass is 127. The van der Waals surface area contributed by atoms with E-state index < -0.39 is 0 Å². The molecule has 0 amide bonds. The van der Waals surface area contributed by atoms with Gasteiger partial charge in [-0.1, -0.05) is 36.4 Å². The molecule has 20 heavy (non-hydrogen) atoms. The molecule has 0 aliphatic carbocycles. The van der Waals surface area contributed by atoms with Gasteiger partial charge in [-0.3, -0.25) is 0 Å². The van der Waals surface area contributed by atoms with E-state index in [1.165, 1.54) is 41.7 Å². The lowest BCUT2D eigenvalue weighted by atomic mass is 10.1. The number of rotatable bonds is 0. The summed E-state index contributed by atoms with van der Waals surface area (Å²) in [5.74, 6) is 0. The fourth-order valence-corrected chi connectivity index (χ4v) is 4.04. The van der Waals surface area contributed by atoms with E-state index in [1.54, 1.807) is 0 Å². The highest BCUT2D eigenvalue weighted by Crippen LogP contribution is 2.39. The third-order valence-corrected chi connectivity index (χ3v) is 4.79. The summed E-state index contributed by atoms with van der Waals surface area (Å²) < 4.78 is 3.70. The summed E-state index contributed by atoms with van der Waals surface area (Å²) in [4.78, 5) is 0. The summed E-state index contributed by atoms with van der Waals surface area (Å²) in [5.41, 5.74) is 3.96. The summed E-state index contributed by atoms with van der Waals surface area (Å²) in [7, 11) is 0. The minimum atomic E-state index is 1.30. The molecule has 5 rings (SSSR count). The van der Waals surface area contributed by atoms with Crippen molar-refractivity contribution in [3.8, 4) is 0 Å². The molecule has 94 valence electrons. The SMILES string of the molecule is Ic1cc2c3ccccc3n3c4ccccc4c(c1)c23. The monoisotopic (exact) mass is 367 g/mol. The van der Waals surface area contributed by atoms with Crippen molar-refractivity contribution in [2.75, 3.05) is 0 Å². The largest absolute Gasteiger partial charge is 0.308 e. The van der Waals surface area contributed by atoms with E-state index in [1.807, 2.05) is 0 Å². The van der Waals surface area contributed by atoms with Gasteiger partial charge in [-0.05, 0) is 46.9 Å². The lowest BCUT2D eigenvalue weighted by molar-refractivity contribution is 1.37. The standard InChI is InChI=1S/C18H10IN/c19-11-9-14-12-5-1-3-7-16(12)20-17-8-4-2-6-13(17)15(10-11)18(14)20/h1-10H. The molecule has 0 N–H and O–H groups in total. The van der Waals surface area contributed by atoms with Crippen molar-refractivity contribution in [3.63, 3.8) is 0 Å². The molecule has 1 nitrogen and oxygen atoms in total. The molecule has 0 radical (unpaired) electrons. The van der Waals surface area contributed by atoms with Gasteiger partial charge in [0.1, 0.15) is 0 Å². The highest BCUT2D eigenvalue weighted by Gasteiger charge is 2.16. The normalized spacial score (nSPS) is 12.2. The van der Waals surface area contributed by atoms with Crippen LogP contribution < -0.4 is 0 Å². The van der Waals surface area contributed by atoms with Crippen molar-refractivity contribution in [1.29, 1.82) is 0 Å². The van der Waals surface area contributed by atoms with Crippen molar-refractivity contribution in [2.45, 2.75) is 0 Å². The molecule has 0 unspecified atom stereocenters. The number of hydrogen-bond donors (Lipinski definition) is 0. The van der Waals surface area contributed by atoms with Gasteiger partial charge in [0, 0.05) is 25.1 Å². The zero-order valence-electron chi connectivity index (χ0n) is 10.6. The summed E-state index contributed by atoms with van der Waals surface area (Å²) in [6.45, 7) is 0. The molecule has 0 fully saturated rings. The number of hydrogen-bond acceptors (Lipinski definition) is 0. The first kappa shape index (κ1) is 10.9. The van der Waals surface area contributed by atoms with Crippen LogP contribution in [0.1, 0.15) is 0 Å². The summed E-state index contributed by atoms with van der Waals surface area (Å²) in [6.07, 6.45) is 0. The van der Waals surface area contributed by atoms with E-state index in [4.69, 9.17) is 0 Å². The third kappa shape index (κ3) is 1.18. The fraction of sp³-hybridized carbons (Fsp3) is 0. The lowest BCUT2D eigenvalue weighted by Crippen LogP contribution is -1.78. The second-order valence-corrected chi connectivity index (χ2v) is 6.46. The second-order valence-electron chi connectivity index (χ2n) is 5.22. The third-order valence-electron chi connectivity index (χ3n) is 4.17. The Labute approximate surface area is 129 Å². The van der Waals surface area contributed by atoms with Crippen LogP contribution >= 0.6 is 22.6 Å². The van der Waals surface area contributed by atoms with Gasteiger partial charge in [-0.25, -0.2) is 0 Å². The van der Waals surface area contributed by atoms with E-state index >= 15 is 0 Å². The Morgan fingerprint density at radius 3 is 1.70 bits per heavy atom. The molecular formula is C18H10IN. The molecule has 0 bridgehead atoms. The van der Waals surface area contributed by atoms with E-state index in [0.29, 0.717) is 0 Å². The van der Waals surface area contributed by atoms with Gasteiger partial charge in [0.25, 0.3) is 0 Å². The molecule has 0 spiro atoms. The number of aromatic nitrogens is 1. The first-order chi connectivity index (χ1) is 9.84. The van der Waals surface area contributed by atoms with Crippen LogP contribution in [0, 0.1) is 3.57 Å². The molecule has 2 heterocycles. The van der Waals surface area contributed by atoms with E-state index in [9.17, 15) is 0 Å². The van der Waals surface area contributed by atoms with Crippen LogP contribution in [0.3, 0.4) is 0 Å². The number of para-hydroxylation sites is 2. The van der Waals surface area contributed by atoms with Gasteiger partial charge >= 0.3 is 0 Å². The van der Waals surface area contributed by atoms with Crippen molar-refractivity contribution in [2.24, 2.45) is 0 Å². The Kier molecular flexibility index (Phi) is 1.99. The molecule has 0 aliphatic rings. The Hall–Kier alpha value is -1.81. The zero-order valence-corrected chi connectivity index (χ0v) is 12.8. The molecule has 2 aromatic heterocycles. The van der Waals surface area contributed by atoms with Crippen molar-refractivity contribution >= 4 is 60.7 Å². The Morgan fingerprint density at radius 2 is 1.15 bits per heavy atom. The zero-order chi connectivity index (χ0) is 13.3. The molecule has 0 saturated carbocycles. The first-order valence-corrected chi connectivity index (χ1v) is 7.75. The number of fused-ring (bicyclic) bond motifs is 6. The number of nitrogens with zero attached hydrogens (tertiary/aromatic N) is 1. The fourth-order valence-electron chi connectivity index (χ4n) is 3.41. The predicted molar refractivity (Wildman–Crippen MR) is 93.8 cm³/mol.